The molecule has 0 radical (unpaired) electrons. The van der Waals surface area contributed by atoms with E-state index < -0.39 is 28.4 Å². The number of carbonyl (C=O) groups excluding carboxylic acids is 2. The van der Waals surface area contributed by atoms with Gasteiger partial charge in [0.1, 0.15) is 12.3 Å². The molecule has 1 amide bonds. The number of methoxy groups -OCH3 is 2. The Morgan fingerprint density at radius 1 is 1.07 bits per heavy atom. The molecule has 0 saturated carbocycles. The van der Waals surface area contributed by atoms with Gasteiger partial charge in [-0.2, -0.15) is 5.10 Å². The van der Waals surface area contributed by atoms with Crippen LogP contribution in [0.25, 0.3) is 0 Å². The quantitative estimate of drug-likeness (QED) is 0.393. The van der Waals surface area contributed by atoms with Crippen molar-refractivity contribution in [1.29, 1.82) is 0 Å². The number of esters is 1. The highest BCUT2D eigenvalue weighted by atomic mass is 32.2. The smallest absolute Gasteiger partial charge is 0.337 e. The Hall–Kier alpha value is -3.40. The second-order valence-corrected chi connectivity index (χ2v) is 7.78. The summed E-state index contributed by atoms with van der Waals surface area (Å²) in [5, 5.41) is 3.81. The maximum Gasteiger partial charge on any atom is 0.337 e. The molecule has 2 aromatic rings. The van der Waals surface area contributed by atoms with Gasteiger partial charge in [-0.25, -0.2) is 18.6 Å². The summed E-state index contributed by atoms with van der Waals surface area (Å²) in [4.78, 5) is 23.5. The zero-order chi connectivity index (χ0) is 21.4. The summed E-state index contributed by atoms with van der Waals surface area (Å²) in [6.07, 6.45) is 2.38. The average molecular weight is 419 g/mol. The molecule has 0 aliphatic rings. The number of carbonyl (C=O) groups is 2. The van der Waals surface area contributed by atoms with Crippen molar-refractivity contribution in [3.63, 3.8) is 0 Å². The fraction of sp³-hybridized carbons (Fsp3) is 0.211. The molecule has 2 rings (SSSR count). The molecule has 0 saturated heterocycles. The molecule has 29 heavy (non-hydrogen) atoms. The predicted octanol–water partition coefficient (Wildman–Crippen LogP) is 1.40. The summed E-state index contributed by atoms with van der Waals surface area (Å²) in [6, 6.07) is 12.7. The standard InChI is InChI=1S/C19H21N3O6S/c1-27-17-10-8-16(9-11-17)22(29(3,25)26)13-18(23)21-20-12-14-4-6-15(7-5-14)19(24)28-2/h4-12H,13H2,1-3H3,(H,21,23)/b20-12+. The first-order valence-electron chi connectivity index (χ1n) is 8.36. The lowest BCUT2D eigenvalue weighted by Gasteiger charge is -2.21. The summed E-state index contributed by atoms with van der Waals surface area (Å²) >= 11 is 0. The second kappa shape index (κ2) is 9.69. The Balaban J connectivity index is 2.02. The number of nitrogens with one attached hydrogen (secondary N) is 1. The summed E-state index contributed by atoms with van der Waals surface area (Å²) in [5.41, 5.74) is 3.63. The van der Waals surface area contributed by atoms with E-state index in [1.807, 2.05) is 0 Å². The van der Waals surface area contributed by atoms with Crippen molar-refractivity contribution < 1.29 is 27.5 Å². The summed E-state index contributed by atoms with van der Waals surface area (Å²) in [7, 11) is -0.901. The number of ether oxygens (including phenoxy) is 2. The van der Waals surface area contributed by atoms with Crippen LogP contribution in [-0.2, 0) is 19.6 Å². The number of amides is 1. The van der Waals surface area contributed by atoms with Crippen LogP contribution in [0.4, 0.5) is 5.69 Å². The van der Waals surface area contributed by atoms with E-state index in [1.165, 1.54) is 20.4 Å². The molecular formula is C19H21N3O6S. The first-order valence-corrected chi connectivity index (χ1v) is 10.2. The number of hydrogen-bond donors (Lipinski definition) is 1. The van der Waals surface area contributed by atoms with E-state index in [-0.39, 0.29) is 0 Å². The SMILES string of the molecule is COC(=O)c1ccc(/C=N/NC(=O)CN(c2ccc(OC)cc2)S(C)(=O)=O)cc1. The molecule has 0 atom stereocenters. The maximum absolute atomic E-state index is 12.2. The maximum atomic E-state index is 12.2. The zero-order valence-electron chi connectivity index (χ0n) is 16.2. The lowest BCUT2D eigenvalue weighted by atomic mass is 10.1. The summed E-state index contributed by atoms with van der Waals surface area (Å²) < 4.78 is 34.8. The topological polar surface area (TPSA) is 114 Å². The fourth-order valence-electron chi connectivity index (χ4n) is 2.32. The highest BCUT2D eigenvalue weighted by molar-refractivity contribution is 7.92. The van der Waals surface area contributed by atoms with Gasteiger partial charge in [-0.1, -0.05) is 12.1 Å². The van der Waals surface area contributed by atoms with Crippen LogP contribution in [0.2, 0.25) is 0 Å². The van der Waals surface area contributed by atoms with Crippen LogP contribution < -0.4 is 14.5 Å². The fourth-order valence-corrected chi connectivity index (χ4v) is 3.17. The molecule has 1 N–H and O–H groups in total. The van der Waals surface area contributed by atoms with Crippen molar-refractivity contribution in [3.05, 3.63) is 59.7 Å². The number of anilines is 1. The molecule has 0 aromatic heterocycles. The highest BCUT2D eigenvalue weighted by Gasteiger charge is 2.20. The van der Waals surface area contributed by atoms with Crippen molar-refractivity contribution in [2.75, 3.05) is 31.3 Å². The van der Waals surface area contributed by atoms with Crippen LogP contribution in [-0.4, -0.2) is 53.5 Å². The molecule has 154 valence electrons. The van der Waals surface area contributed by atoms with E-state index in [1.54, 1.807) is 48.5 Å². The van der Waals surface area contributed by atoms with Gasteiger partial charge < -0.3 is 9.47 Å². The largest absolute Gasteiger partial charge is 0.497 e. The Labute approximate surface area is 169 Å². The molecule has 0 unspecified atom stereocenters. The van der Waals surface area contributed by atoms with Gasteiger partial charge in [0.2, 0.25) is 10.0 Å². The Kier molecular flexibility index (Phi) is 7.32. The van der Waals surface area contributed by atoms with Crippen molar-refractivity contribution in [3.8, 4) is 5.75 Å². The predicted molar refractivity (Wildman–Crippen MR) is 109 cm³/mol. The number of benzene rings is 2. The van der Waals surface area contributed by atoms with Gasteiger partial charge in [0.15, 0.2) is 0 Å². The van der Waals surface area contributed by atoms with Gasteiger partial charge >= 0.3 is 5.97 Å². The summed E-state index contributed by atoms with van der Waals surface area (Å²) in [6.45, 7) is -0.441. The third kappa shape index (κ3) is 6.32. The molecule has 0 fully saturated rings. The molecule has 9 nitrogen and oxygen atoms in total. The molecule has 2 aromatic carbocycles. The van der Waals surface area contributed by atoms with Gasteiger partial charge in [-0.3, -0.25) is 9.10 Å². The first-order chi connectivity index (χ1) is 13.7. The van der Waals surface area contributed by atoms with Gasteiger partial charge in [0.25, 0.3) is 5.91 Å². The van der Waals surface area contributed by atoms with E-state index in [0.717, 1.165) is 10.6 Å². The van der Waals surface area contributed by atoms with Crippen LogP contribution in [0, 0.1) is 0 Å². The van der Waals surface area contributed by atoms with E-state index in [4.69, 9.17) is 4.74 Å². The summed E-state index contributed by atoms with van der Waals surface area (Å²) in [5.74, 6) is -0.510. The zero-order valence-corrected chi connectivity index (χ0v) is 17.0. The third-order valence-electron chi connectivity index (χ3n) is 3.78. The third-order valence-corrected chi connectivity index (χ3v) is 4.92. The van der Waals surface area contributed by atoms with Gasteiger partial charge in [-0.15, -0.1) is 0 Å². The van der Waals surface area contributed by atoms with Crippen LogP contribution >= 0.6 is 0 Å². The Morgan fingerprint density at radius 2 is 1.69 bits per heavy atom. The van der Waals surface area contributed by atoms with Crippen LogP contribution in [0.5, 0.6) is 5.75 Å². The van der Waals surface area contributed by atoms with Gasteiger partial charge in [0, 0.05) is 0 Å². The van der Waals surface area contributed by atoms with Gasteiger partial charge in [0.05, 0.1) is 37.9 Å². The number of nitrogens with zero attached hydrogens (tertiary/aromatic N) is 2. The van der Waals surface area contributed by atoms with Crippen LogP contribution in [0.3, 0.4) is 0 Å². The van der Waals surface area contributed by atoms with Crippen molar-refractivity contribution in [2.24, 2.45) is 5.10 Å². The van der Waals surface area contributed by atoms with E-state index in [2.05, 4.69) is 15.3 Å². The molecule has 0 aliphatic carbocycles. The number of rotatable bonds is 8. The Bertz CT molecular complexity index is 986. The minimum absolute atomic E-state index is 0.325. The molecule has 0 aliphatic heterocycles. The Morgan fingerprint density at radius 3 is 2.21 bits per heavy atom. The number of hydrazone groups is 1. The van der Waals surface area contributed by atoms with Crippen molar-refractivity contribution >= 4 is 33.8 Å². The molecule has 0 spiro atoms. The normalized spacial score (nSPS) is 11.1. The number of sulfonamides is 1. The number of hydrogen-bond acceptors (Lipinski definition) is 7. The monoisotopic (exact) mass is 419 g/mol. The van der Waals surface area contributed by atoms with Crippen LogP contribution in [0.15, 0.2) is 53.6 Å². The minimum atomic E-state index is -3.69. The van der Waals surface area contributed by atoms with E-state index in [9.17, 15) is 18.0 Å². The van der Waals surface area contributed by atoms with E-state index >= 15 is 0 Å². The molecule has 0 heterocycles. The second-order valence-electron chi connectivity index (χ2n) is 5.87. The average Bonchev–Trinajstić information content (AvgIpc) is 2.71. The highest BCUT2D eigenvalue weighted by Crippen LogP contribution is 2.21. The van der Waals surface area contributed by atoms with Gasteiger partial charge in [-0.05, 0) is 42.0 Å². The molecule has 10 heteroatoms. The lowest BCUT2D eigenvalue weighted by molar-refractivity contribution is -0.119. The van der Waals surface area contributed by atoms with E-state index in [0.29, 0.717) is 22.6 Å². The lowest BCUT2D eigenvalue weighted by Crippen LogP contribution is -2.39. The van der Waals surface area contributed by atoms with Crippen molar-refractivity contribution in [2.45, 2.75) is 0 Å². The minimum Gasteiger partial charge on any atom is -0.497 e. The van der Waals surface area contributed by atoms with Crippen LogP contribution in [0.1, 0.15) is 15.9 Å². The molecular weight excluding hydrogens is 398 g/mol. The van der Waals surface area contributed by atoms with Crippen molar-refractivity contribution in [1.82, 2.24) is 5.43 Å². The molecule has 0 bridgehead atoms. The first kappa shape index (κ1) is 21.9.